The minimum absolute atomic E-state index is 0.191. The standard InChI is InChI=1S/C22H24N2O3S/c1-3-4-5-13-27-18-11-9-16(10-12-18)21(25)24-22-23-20(15-28-22)17-7-6-8-19(14-17)26-2/h6-12,14-15H,3-5,13H2,1-2H3,(H,23,24,25). The Morgan fingerprint density at radius 1 is 1.11 bits per heavy atom. The molecule has 0 saturated carbocycles. The third kappa shape index (κ3) is 5.33. The van der Waals surface area contributed by atoms with Gasteiger partial charge in [-0.3, -0.25) is 10.1 Å². The number of carbonyl (C=O) groups excluding carboxylic acids is 1. The summed E-state index contributed by atoms with van der Waals surface area (Å²) in [6, 6.07) is 14.9. The van der Waals surface area contributed by atoms with Crippen molar-refractivity contribution in [1.82, 2.24) is 4.98 Å². The molecule has 0 aliphatic heterocycles. The molecule has 5 nitrogen and oxygen atoms in total. The lowest BCUT2D eigenvalue weighted by atomic mass is 10.2. The van der Waals surface area contributed by atoms with Gasteiger partial charge in [0.2, 0.25) is 0 Å². The Hall–Kier alpha value is -2.86. The van der Waals surface area contributed by atoms with E-state index in [2.05, 4.69) is 17.2 Å². The number of thiazole rings is 1. The molecule has 6 heteroatoms. The maximum Gasteiger partial charge on any atom is 0.257 e. The number of unbranched alkanes of at least 4 members (excludes halogenated alkanes) is 2. The molecular formula is C22H24N2O3S. The molecule has 0 radical (unpaired) electrons. The summed E-state index contributed by atoms with van der Waals surface area (Å²) < 4.78 is 10.9. The lowest BCUT2D eigenvalue weighted by Gasteiger charge is -2.07. The van der Waals surface area contributed by atoms with E-state index < -0.39 is 0 Å². The smallest absolute Gasteiger partial charge is 0.257 e. The van der Waals surface area contributed by atoms with E-state index in [0.717, 1.165) is 35.6 Å². The van der Waals surface area contributed by atoms with E-state index in [0.29, 0.717) is 17.3 Å². The average Bonchev–Trinajstić information content (AvgIpc) is 3.20. The average molecular weight is 397 g/mol. The number of amides is 1. The first-order chi connectivity index (χ1) is 13.7. The van der Waals surface area contributed by atoms with E-state index in [9.17, 15) is 4.79 Å². The zero-order valence-electron chi connectivity index (χ0n) is 16.1. The van der Waals surface area contributed by atoms with Gasteiger partial charge in [-0.2, -0.15) is 0 Å². The number of hydrogen-bond acceptors (Lipinski definition) is 5. The van der Waals surface area contributed by atoms with Gasteiger partial charge in [0.1, 0.15) is 11.5 Å². The summed E-state index contributed by atoms with van der Waals surface area (Å²) in [5.41, 5.74) is 2.31. The van der Waals surface area contributed by atoms with Gasteiger partial charge in [0.25, 0.3) is 5.91 Å². The highest BCUT2D eigenvalue weighted by atomic mass is 32.1. The predicted molar refractivity (Wildman–Crippen MR) is 114 cm³/mol. The van der Waals surface area contributed by atoms with Gasteiger partial charge < -0.3 is 9.47 Å². The van der Waals surface area contributed by atoms with Crippen molar-refractivity contribution in [2.75, 3.05) is 19.0 Å². The van der Waals surface area contributed by atoms with Crippen molar-refractivity contribution in [1.29, 1.82) is 0 Å². The monoisotopic (exact) mass is 396 g/mol. The van der Waals surface area contributed by atoms with Gasteiger partial charge >= 0.3 is 0 Å². The Morgan fingerprint density at radius 3 is 2.68 bits per heavy atom. The lowest BCUT2D eigenvalue weighted by Crippen LogP contribution is -2.11. The molecule has 0 aliphatic carbocycles. The SMILES string of the molecule is CCCCCOc1ccc(C(=O)Nc2nc(-c3cccc(OC)c3)cs2)cc1. The Bertz CT molecular complexity index is 906. The van der Waals surface area contributed by atoms with Crippen LogP contribution in [-0.4, -0.2) is 24.6 Å². The van der Waals surface area contributed by atoms with Crippen LogP contribution in [0.3, 0.4) is 0 Å². The van der Waals surface area contributed by atoms with Crippen LogP contribution in [0.4, 0.5) is 5.13 Å². The minimum atomic E-state index is -0.191. The summed E-state index contributed by atoms with van der Waals surface area (Å²) in [5.74, 6) is 1.36. The number of nitrogens with one attached hydrogen (secondary N) is 1. The van der Waals surface area contributed by atoms with Crippen LogP contribution < -0.4 is 14.8 Å². The zero-order valence-corrected chi connectivity index (χ0v) is 16.9. The number of ether oxygens (including phenoxy) is 2. The molecule has 2 aromatic carbocycles. The molecule has 0 fully saturated rings. The van der Waals surface area contributed by atoms with Crippen molar-refractivity contribution in [3.8, 4) is 22.8 Å². The van der Waals surface area contributed by atoms with Gasteiger partial charge in [-0.1, -0.05) is 31.9 Å². The van der Waals surface area contributed by atoms with Gasteiger partial charge in [0.15, 0.2) is 5.13 Å². The Balaban J connectivity index is 1.59. The Labute approximate surface area is 169 Å². The number of carbonyl (C=O) groups is 1. The molecule has 0 atom stereocenters. The number of anilines is 1. The van der Waals surface area contributed by atoms with Crippen molar-refractivity contribution in [3.05, 3.63) is 59.5 Å². The highest BCUT2D eigenvalue weighted by Gasteiger charge is 2.11. The third-order valence-electron chi connectivity index (χ3n) is 4.22. The third-order valence-corrected chi connectivity index (χ3v) is 4.98. The maximum absolute atomic E-state index is 12.5. The maximum atomic E-state index is 12.5. The fraction of sp³-hybridized carbons (Fsp3) is 0.273. The van der Waals surface area contributed by atoms with Crippen molar-refractivity contribution in [2.24, 2.45) is 0 Å². The normalized spacial score (nSPS) is 10.5. The second-order valence-electron chi connectivity index (χ2n) is 6.30. The van der Waals surface area contributed by atoms with E-state index in [-0.39, 0.29) is 5.91 Å². The van der Waals surface area contributed by atoms with Crippen molar-refractivity contribution in [2.45, 2.75) is 26.2 Å². The number of benzene rings is 2. The van der Waals surface area contributed by atoms with Gasteiger partial charge in [-0.05, 0) is 42.8 Å². The van der Waals surface area contributed by atoms with Crippen LogP contribution in [0.5, 0.6) is 11.5 Å². The summed E-state index contributed by atoms with van der Waals surface area (Å²) in [4.78, 5) is 17.0. The molecule has 3 aromatic rings. The van der Waals surface area contributed by atoms with E-state index in [1.165, 1.54) is 17.8 Å². The molecule has 1 aromatic heterocycles. The van der Waals surface area contributed by atoms with Crippen LogP contribution in [0.2, 0.25) is 0 Å². The quantitative estimate of drug-likeness (QED) is 0.476. The van der Waals surface area contributed by atoms with Crippen molar-refractivity contribution < 1.29 is 14.3 Å². The number of aromatic nitrogens is 1. The molecule has 146 valence electrons. The molecular weight excluding hydrogens is 372 g/mol. The van der Waals surface area contributed by atoms with Crippen LogP contribution in [0.15, 0.2) is 53.9 Å². The fourth-order valence-electron chi connectivity index (χ4n) is 2.66. The number of nitrogens with zero attached hydrogens (tertiary/aromatic N) is 1. The van der Waals surface area contributed by atoms with Gasteiger partial charge in [0.05, 0.1) is 19.4 Å². The molecule has 1 N–H and O–H groups in total. The second-order valence-corrected chi connectivity index (χ2v) is 7.16. The van der Waals surface area contributed by atoms with Crippen LogP contribution in [-0.2, 0) is 0 Å². The molecule has 28 heavy (non-hydrogen) atoms. The molecule has 0 aliphatic rings. The molecule has 0 bridgehead atoms. The Morgan fingerprint density at radius 2 is 1.93 bits per heavy atom. The van der Waals surface area contributed by atoms with E-state index >= 15 is 0 Å². The molecule has 0 saturated heterocycles. The topological polar surface area (TPSA) is 60.5 Å². The molecule has 1 amide bonds. The Kier molecular flexibility index (Phi) is 7.03. The molecule has 0 spiro atoms. The van der Waals surface area contributed by atoms with Crippen LogP contribution in [0.25, 0.3) is 11.3 Å². The highest BCUT2D eigenvalue weighted by molar-refractivity contribution is 7.14. The van der Waals surface area contributed by atoms with E-state index in [4.69, 9.17) is 9.47 Å². The summed E-state index contributed by atoms with van der Waals surface area (Å²) in [5, 5.41) is 5.33. The molecule has 3 rings (SSSR count). The lowest BCUT2D eigenvalue weighted by molar-refractivity contribution is 0.102. The van der Waals surface area contributed by atoms with Crippen molar-refractivity contribution in [3.63, 3.8) is 0 Å². The molecule has 0 unspecified atom stereocenters. The molecule has 1 heterocycles. The number of rotatable bonds is 9. The number of hydrogen-bond donors (Lipinski definition) is 1. The van der Waals surface area contributed by atoms with Gasteiger partial charge in [-0.15, -0.1) is 11.3 Å². The second kappa shape index (κ2) is 9.90. The van der Waals surface area contributed by atoms with E-state index in [1.807, 2.05) is 41.8 Å². The zero-order chi connectivity index (χ0) is 19.8. The predicted octanol–water partition coefficient (Wildman–Crippen LogP) is 5.64. The highest BCUT2D eigenvalue weighted by Crippen LogP contribution is 2.27. The van der Waals surface area contributed by atoms with Gasteiger partial charge in [0, 0.05) is 16.5 Å². The first-order valence-corrected chi connectivity index (χ1v) is 10.2. The summed E-state index contributed by atoms with van der Waals surface area (Å²) in [6.07, 6.45) is 3.36. The van der Waals surface area contributed by atoms with Gasteiger partial charge in [-0.25, -0.2) is 4.98 Å². The largest absolute Gasteiger partial charge is 0.497 e. The summed E-state index contributed by atoms with van der Waals surface area (Å²) in [7, 11) is 1.63. The summed E-state index contributed by atoms with van der Waals surface area (Å²) in [6.45, 7) is 2.86. The minimum Gasteiger partial charge on any atom is -0.497 e. The first kappa shape index (κ1) is 19.9. The van der Waals surface area contributed by atoms with Crippen LogP contribution in [0, 0.1) is 0 Å². The van der Waals surface area contributed by atoms with Crippen LogP contribution in [0.1, 0.15) is 36.5 Å². The fourth-order valence-corrected chi connectivity index (χ4v) is 3.37. The number of methoxy groups -OCH3 is 1. The van der Waals surface area contributed by atoms with E-state index in [1.54, 1.807) is 19.2 Å². The summed E-state index contributed by atoms with van der Waals surface area (Å²) >= 11 is 1.39. The first-order valence-electron chi connectivity index (χ1n) is 9.33. The van der Waals surface area contributed by atoms with Crippen molar-refractivity contribution >= 4 is 22.4 Å². The van der Waals surface area contributed by atoms with Crippen LogP contribution >= 0.6 is 11.3 Å².